The number of rotatable bonds is 4. The van der Waals surface area contributed by atoms with E-state index in [2.05, 4.69) is 63.1 Å². The van der Waals surface area contributed by atoms with Crippen LogP contribution in [0.5, 0.6) is 0 Å². The molecule has 1 heterocycles. The number of carbonyl (C=O) groups excluding carboxylic acids is 1. The van der Waals surface area contributed by atoms with Crippen molar-refractivity contribution in [1.82, 2.24) is 0 Å². The Hall–Kier alpha value is -3.09. The van der Waals surface area contributed by atoms with Crippen molar-refractivity contribution < 1.29 is 9.53 Å². The van der Waals surface area contributed by atoms with E-state index in [9.17, 15) is 4.79 Å². The van der Waals surface area contributed by atoms with Crippen LogP contribution in [0, 0.1) is 19.3 Å². The van der Waals surface area contributed by atoms with Crippen LogP contribution in [0.3, 0.4) is 0 Å². The van der Waals surface area contributed by atoms with Crippen molar-refractivity contribution in [3.8, 4) is 23.5 Å². The van der Waals surface area contributed by atoms with Crippen LogP contribution in [0.25, 0.3) is 16.7 Å². The molecule has 0 spiro atoms. The number of benzene rings is 2. The van der Waals surface area contributed by atoms with Gasteiger partial charge in [0.1, 0.15) is 0 Å². The van der Waals surface area contributed by atoms with Gasteiger partial charge in [0.25, 0.3) is 0 Å². The Kier molecular flexibility index (Phi) is 5.60. The van der Waals surface area contributed by atoms with Crippen molar-refractivity contribution in [3.63, 3.8) is 0 Å². The second kappa shape index (κ2) is 8.21. The summed E-state index contributed by atoms with van der Waals surface area (Å²) in [5, 5.41) is 0. The number of allylic oxidation sites excluding steroid dienone is 1. The zero-order chi connectivity index (χ0) is 22.2. The van der Waals surface area contributed by atoms with E-state index in [0.717, 1.165) is 17.5 Å². The molecule has 0 N–H and O–H groups in total. The number of thiophene rings is 1. The number of esters is 1. The van der Waals surface area contributed by atoms with Crippen LogP contribution in [0.2, 0.25) is 0 Å². The third kappa shape index (κ3) is 3.96. The summed E-state index contributed by atoms with van der Waals surface area (Å²) >= 11 is 1.83. The van der Waals surface area contributed by atoms with Gasteiger partial charge in [-0.1, -0.05) is 44.0 Å². The number of terminal acetylenes is 1. The lowest BCUT2D eigenvalue weighted by molar-refractivity contribution is 0.0526. The molecule has 3 heteroatoms. The van der Waals surface area contributed by atoms with E-state index in [1.54, 1.807) is 13.0 Å². The van der Waals surface area contributed by atoms with Crippen LogP contribution < -0.4 is 0 Å². The fourth-order valence-corrected chi connectivity index (χ4v) is 5.08. The van der Waals surface area contributed by atoms with Gasteiger partial charge in [-0.05, 0) is 83.8 Å². The molecule has 4 rings (SSSR count). The van der Waals surface area contributed by atoms with Gasteiger partial charge < -0.3 is 4.74 Å². The molecule has 0 aliphatic heterocycles. The molecular weight excluding hydrogens is 400 g/mol. The predicted molar refractivity (Wildman–Crippen MR) is 130 cm³/mol. The van der Waals surface area contributed by atoms with Crippen LogP contribution >= 0.6 is 11.3 Å². The molecule has 0 radical (unpaired) electrons. The van der Waals surface area contributed by atoms with Gasteiger partial charge in [-0.2, -0.15) is 0 Å². The first-order valence-corrected chi connectivity index (χ1v) is 11.4. The minimum absolute atomic E-state index is 0.0847. The normalized spacial score (nSPS) is 14.4. The summed E-state index contributed by atoms with van der Waals surface area (Å²) in [6.45, 7) is 8.84. The quantitative estimate of drug-likeness (QED) is 0.332. The lowest BCUT2D eigenvalue weighted by Crippen LogP contribution is -2.21. The fraction of sp³-hybridized carbons (Fsp3) is 0.250. The average Bonchev–Trinajstić information content (AvgIpc) is 3.19. The van der Waals surface area contributed by atoms with Crippen molar-refractivity contribution in [2.45, 2.75) is 39.5 Å². The number of hydrogen-bond donors (Lipinski definition) is 0. The van der Waals surface area contributed by atoms with Crippen molar-refractivity contribution in [2.24, 2.45) is 0 Å². The summed E-state index contributed by atoms with van der Waals surface area (Å²) < 4.78 is 5.14. The van der Waals surface area contributed by atoms with E-state index in [1.807, 2.05) is 23.5 Å². The van der Waals surface area contributed by atoms with Crippen molar-refractivity contribution in [3.05, 3.63) is 86.6 Å². The molecule has 2 aromatic carbocycles. The van der Waals surface area contributed by atoms with E-state index in [0.29, 0.717) is 17.7 Å². The first-order valence-electron chi connectivity index (χ1n) is 10.5. The highest BCUT2D eigenvalue weighted by molar-refractivity contribution is 7.13. The lowest BCUT2D eigenvalue weighted by atomic mass is 9.72. The molecule has 0 atom stereocenters. The maximum atomic E-state index is 12.2. The third-order valence-corrected chi connectivity index (χ3v) is 6.90. The highest BCUT2D eigenvalue weighted by Gasteiger charge is 2.29. The van der Waals surface area contributed by atoms with Gasteiger partial charge >= 0.3 is 5.97 Å². The summed E-state index contributed by atoms with van der Waals surface area (Å²) in [5.41, 5.74) is 7.08. The second-order valence-corrected chi connectivity index (χ2v) is 9.79. The maximum absolute atomic E-state index is 12.2. The van der Waals surface area contributed by atoms with Crippen LogP contribution in [0.4, 0.5) is 0 Å². The Bertz CT molecular complexity index is 1230. The summed E-state index contributed by atoms with van der Waals surface area (Å²) in [6, 6.07) is 16.7. The van der Waals surface area contributed by atoms with E-state index < -0.39 is 0 Å². The minimum atomic E-state index is -0.382. The van der Waals surface area contributed by atoms with Gasteiger partial charge in [-0.3, -0.25) is 0 Å². The molecule has 156 valence electrons. The second-order valence-electron chi connectivity index (χ2n) is 8.50. The number of aryl methyl sites for hydroxylation is 1. The van der Waals surface area contributed by atoms with Crippen LogP contribution in [0.1, 0.15) is 64.0 Å². The van der Waals surface area contributed by atoms with Gasteiger partial charge in [-0.15, -0.1) is 17.8 Å². The molecule has 2 nitrogen and oxygen atoms in total. The average molecular weight is 427 g/mol. The van der Waals surface area contributed by atoms with Gasteiger partial charge in [0.2, 0.25) is 0 Å². The fourth-order valence-electron chi connectivity index (χ4n) is 4.16. The monoisotopic (exact) mass is 426 g/mol. The first-order chi connectivity index (χ1) is 14.8. The SMILES string of the molecule is C#Cc1cc(-c2ccc3c(c2)C(c2ccc(C)s2)=CCC3(C)C)ccc1C(=O)OCC. The molecule has 1 aliphatic carbocycles. The molecule has 0 fully saturated rings. The topological polar surface area (TPSA) is 26.3 Å². The number of ether oxygens (including phenoxy) is 1. The molecular formula is C28H26O2S. The van der Waals surface area contributed by atoms with Crippen LogP contribution in [0.15, 0.2) is 54.6 Å². The molecule has 1 aliphatic rings. The minimum Gasteiger partial charge on any atom is -0.462 e. The first kappa shape index (κ1) is 21.2. The lowest BCUT2D eigenvalue weighted by Gasteiger charge is -2.32. The standard InChI is InChI=1S/C28H26O2S/c1-6-19-16-20(9-11-22(19)27(29)30-7-2)21-10-12-25-24(17-21)23(14-15-28(25,4)5)26-13-8-18(3)31-26/h1,8-14,16-17H,7,15H2,2-5H3. The molecule has 0 saturated carbocycles. The Morgan fingerprint density at radius 2 is 1.87 bits per heavy atom. The summed E-state index contributed by atoms with van der Waals surface area (Å²) in [5.74, 6) is 2.27. The van der Waals surface area contributed by atoms with Gasteiger partial charge in [0.15, 0.2) is 0 Å². The van der Waals surface area contributed by atoms with E-state index in [4.69, 9.17) is 11.2 Å². The van der Waals surface area contributed by atoms with Gasteiger partial charge in [0.05, 0.1) is 12.2 Å². The highest BCUT2D eigenvalue weighted by atomic mass is 32.1. The number of fused-ring (bicyclic) bond motifs is 1. The zero-order valence-corrected chi connectivity index (χ0v) is 19.2. The zero-order valence-electron chi connectivity index (χ0n) is 18.4. The van der Waals surface area contributed by atoms with Crippen molar-refractivity contribution in [2.75, 3.05) is 6.61 Å². The van der Waals surface area contributed by atoms with Crippen molar-refractivity contribution in [1.29, 1.82) is 0 Å². The smallest absolute Gasteiger partial charge is 0.339 e. The number of hydrogen-bond acceptors (Lipinski definition) is 3. The van der Waals surface area contributed by atoms with Gasteiger partial charge in [0, 0.05) is 15.3 Å². The van der Waals surface area contributed by atoms with Gasteiger partial charge in [-0.25, -0.2) is 4.79 Å². The van der Waals surface area contributed by atoms with Crippen LogP contribution in [-0.4, -0.2) is 12.6 Å². The maximum Gasteiger partial charge on any atom is 0.339 e. The molecule has 31 heavy (non-hydrogen) atoms. The molecule has 0 saturated heterocycles. The Morgan fingerprint density at radius 1 is 1.13 bits per heavy atom. The third-order valence-electron chi connectivity index (χ3n) is 5.86. The van der Waals surface area contributed by atoms with E-state index in [1.165, 1.54) is 26.5 Å². The molecule has 1 aromatic heterocycles. The summed E-state index contributed by atoms with van der Waals surface area (Å²) in [4.78, 5) is 14.8. The van der Waals surface area contributed by atoms with Crippen molar-refractivity contribution >= 4 is 22.9 Å². The van der Waals surface area contributed by atoms with E-state index in [-0.39, 0.29) is 11.4 Å². The summed E-state index contributed by atoms with van der Waals surface area (Å²) in [6.07, 6.45) is 9.10. The predicted octanol–water partition coefficient (Wildman–Crippen LogP) is 6.99. The van der Waals surface area contributed by atoms with E-state index >= 15 is 0 Å². The number of carbonyl (C=O) groups is 1. The summed E-state index contributed by atoms with van der Waals surface area (Å²) in [7, 11) is 0. The molecule has 0 bridgehead atoms. The molecule has 3 aromatic rings. The van der Waals surface area contributed by atoms with Crippen LogP contribution in [-0.2, 0) is 10.2 Å². The molecule has 0 amide bonds. The Labute approximate surface area is 188 Å². The Morgan fingerprint density at radius 3 is 2.55 bits per heavy atom. The molecule has 0 unspecified atom stereocenters. The Balaban J connectivity index is 1.81. The highest BCUT2D eigenvalue weighted by Crippen LogP contribution is 2.44. The largest absolute Gasteiger partial charge is 0.462 e.